The second-order valence-corrected chi connectivity index (χ2v) is 3.97. The van der Waals surface area contributed by atoms with E-state index >= 15 is 0 Å². The van der Waals surface area contributed by atoms with E-state index in [-0.39, 0.29) is 6.03 Å². The van der Waals surface area contributed by atoms with E-state index in [2.05, 4.69) is 0 Å². The quantitative estimate of drug-likeness (QED) is 0.592. The topological polar surface area (TPSA) is 32.8 Å². The van der Waals surface area contributed by atoms with Crippen molar-refractivity contribution in [3.05, 3.63) is 0 Å². The third kappa shape index (κ3) is 2.18. The van der Waals surface area contributed by atoms with E-state index in [0.29, 0.717) is 6.61 Å². The van der Waals surface area contributed by atoms with Crippen LogP contribution in [0.15, 0.2) is 0 Å². The molecule has 0 N–H and O–H groups in total. The van der Waals surface area contributed by atoms with Gasteiger partial charge in [-0.05, 0) is 19.3 Å². The normalized spacial score (nSPS) is 23.7. The number of hydroxylamine groups is 2. The molecule has 80 valence electrons. The van der Waals surface area contributed by atoms with Crippen molar-refractivity contribution in [2.75, 3.05) is 26.2 Å². The molecule has 0 aromatic rings. The first-order chi connectivity index (χ1) is 6.88. The lowest BCUT2D eigenvalue weighted by molar-refractivity contribution is -0.0769. The van der Waals surface area contributed by atoms with Crippen molar-refractivity contribution >= 4 is 6.03 Å². The number of hydrogen-bond acceptors (Lipinski definition) is 2. The van der Waals surface area contributed by atoms with Crippen molar-refractivity contribution < 1.29 is 9.63 Å². The first kappa shape index (κ1) is 9.77. The van der Waals surface area contributed by atoms with Gasteiger partial charge in [-0.2, -0.15) is 0 Å². The van der Waals surface area contributed by atoms with Crippen molar-refractivity contribution in [1.29, 1.82) is 0 Å². The number of carbonyl (C=O) groups excluding carboxylic acids is 1. The SMILES string of the molecule is O=C(N1CCCCCC1)N1CCCO1. The summed E-state index contributed by atoms with van der Waals surface area (Å²) < 4.78 is 0. The van der Waals surface area contributed by atoms with Crippen molar-refractivity contribution in [3.63, 3.8) is 0 Å². The van der Waals surface area contributed by atoms with Crippen molar-refractivity contribution in [3.8, 4) is 0 Å². The lowest BCUT2D eigenvalue weighted by Crippen LogP contribution is -2.41. The average molecular weight is 198 g/mol. The van der Waals surface area contributed by atoms with Gasteiger partial charge in [-0.3, -0.25) is 4.84 Å². The van der Waals surface area contributed by atoms with Crippen molar-refractivity contribution in [2.45, 2.75) is 32.1 Å². The minimum atomic E-state index is 0.0735. The highest BCUT2D eigenvalue weighted by Crippen LogP contribution is 2.14. The maximum atomic E-state index is 11.9. The standard InChI is InChI=1S/C10H18N2O2/c13-10(12-8-5-9-14-12)11-6-3-1-2-4-7-11/h1-9H2. The number of carbonyl (C=O) groups is 1. The maximum absolute atomic E-state index is 11.9. The first-order valence-corrected chi connectivity index (χ1v) is 5.57. The molecule has 0 unspecified atom stereocenters. The third-order valence-corrected chi connectivity index (χ3v) is 2.84. The summed E-state index contributed by atoms with van der Waals surface area (Å²) in [6.07, 6.45) is 5.76. The van der Waals surface area contributed by atoms with Crippen LogP contribution in [0.3, 0.4) is 0 Å². The fourth-order valence-electron chi connectivity index (χ4n) is 2.02. The van der Waals surface area contributed by atoms with Crippen LogP contribution in [0.5, 0.6) is 0 Å². The summed E-state index contributed by atoms with van der Waals surface area (Å²) in [4.78, 5) is 19.1. The van der Waals surface area contributed by atoms with Crippen LogP contribution >= 0.6 is 0 Å². The summed E-state index contributed by atoms with van der Waals surface area (Å²) >= 11 is 0. The van der Waals surface area contributed by atoms with Gasteiger partial charge in [0.05, 0.1) is 13.2 Å². The van der Waals surface area contributed by atoms with Crippen LogP contribution in [-0.4, -0.2) is 42.2 Å². The number of nitrogens with zero attached hydrogens (tertiary/aromatic N) is 2. The van der Waals surface area contributed by atoms with Crippen molar-refractivity contribution in [1.82, 2.24) is 9.96 Å². The second kappa shape index (κ2) is 4.64. The number of hydrogen-bond donors (Lipinski definition) is 0. The molecule has 0 atom stereocenters. The molecule has 0 radical (unpaired) electrons. The predicted octanol–water partition coefficient (Wildman–Crippen LogP) is 1.62. The minimum Gasteiger partial charge on any atom is -0.323 e. The largest absolute Gasteiger partial charge is 0.343 e. The summed E-state index contributed by atoms with van der Waals surface area (Å²) in [5, 5.41) is 1.52. The average Bonchev–Trinajstić information content (AvgIpc) is 2.59. The van der Waals surface area contributed by atoms with E-state index in [9.17, 15) is 4.79 Å². The molecule has 2 fully saturated rings. The van der Waals surface area contributed by atoms with Gasteiger partial charge in [0.15, 0.2) is 0 Å². The Morgan fingerprint density at radius 1 is 0.929 bits per heavy atom. The number of rotatable bonds is 0. The lowest BCUT2D eigenvalue weighted by atomic mass is 10.2. The lowest BCUT2D eigenvalue weighted by Gasteiger charge is -2.25. The van der Waals surface area contributed by atoms with Crippen molar-refractivity contribution in [2.24, 2.45) is 0 Å². The Bertz CT molecular complexity index is 194. The zero-order valence-corrected chi connectivity index (χ0v) is 8.57. The molecular weight excluding hydrogens is 180 g/mol. The zero-order chi connectivity index (χ0) is 9.80. The first-order valence-electron chi connectivity index (χ1n) is 5.57. The van der Waals surface area contributed by atoms with Crippen LogP contribution in [0.1, 0.15) is 32.1 Å². The third-order valence-electron chi connectivity index (χ3n) is 2.84. The van der Waals surface area contributed by atoms with Gasteiger partial charge in [-0.1, -0.05) is 12.8 Å². The molecule has 2 saturated heterocycles. The van der Waals surface area contributed by atoms with Gasteiger partial charge in [-0.15, -0.1) is 0 Å². The molecule has 4 nitrogen and oxygen atoms in total. The molecular formula is C10H18N2O2. The Kier molecular flexibility index (Phi) is 3.24. The molecule has 2 rings (SSSR count). The summed E-state index contributed by atoms with van der Waals surface area (Å²) in [7, 11) is 0. The molecule has 0 aliphatic carbocycles. The van der Waals surface area contributed by atoms with E-state index < -0.39 is 0 Å². The molecule has 0 bridgehead atoms. The van der Waals surface area contributed by atoms with Crippen LogP contribution in [0.25, 0.3) is 0 Å². The number of urea groups is 1. The van der Waals surface area contributed by atoms with E-state index in [1.165, 1.54) is 17.9 Å². The van der Waals surface area contributed by atoms with E-state index in [4.69, 9.17) is 4.84 Å². The van der Waals surface area contributed by atoms with Gasteiger partial charge in [0, 0.05) is 13.1 Å². The van der Waals surface area contributed by atoms with E-state index in [0.717, 1.165) is 38.9 Å². The monoisotopic (exact) mass is 198 g/mol. The molecule has 4 heteroatoms. The molecule has 2 amide bonds. The zero-order valence-electron chi connectivity index (χ0n) is 8.57. The second-order valence-electron chi connectivity index (χ2n) is 3.97. The van der Waals surface area contributed by atoms with Gasteiger partial charge in [0.25, 0.3) is 0 Å². The molecule has 0 spiro atoms. The summed E-state index contributed by atoms with van der Waals surface area (Å²) in [5.41, 5.74) is 0. The summed E-state index contributed by atoms with van der Waals surface area (Å²) in [6, 6.07) is 0.0735. The minimum absolute atomic E-state index is 0.0735. The van der Waals surface area contributed by atoms with Gasteiger partial charge in [0.1, 0.15) is 0 Å². The van der Waals surface area contributed by atoms with E-state index in [1.807, 2.05) is 4.90 Å². The molecule has 2 aliphatic heterocycles. The Balaban J connectivity index is 1.88. The molecule has 2 heterocycles. The van der Waals surface area contributed by atoms with Gasteiger partial charge >= 0.3 is 6.03 Å². The molecule has 0 saturated carbocycles. The Labute approximate surface area is 84.8 Å². The molecule has 0 aromatic carbocycles. The van der Waals surface area contributed by atoms with Crippen LogP contribution in [0.2, 0.25) is 0 Å². The Morgan fingerprint density at radius 2 is 1.64 bits per heavy atom. The molecule has 2 aliphatic rings. The fourth-order valence-corrected chi connectivity index (χ4v) is 2.02. The Hall–Kier alpha value is -0.770. The van der Waals surface area contributed by atoms with Gasteiger partial charge < -0.3 is 4.90 Å². The number of likely N-dealkylation sites (tertiary alicyclic amines) is 1. The van der Waals surface area contributed by atoms with E-state index in [1.54, 1.807) is 0 Å². The smallest absolute Gasteiger partial charge is 0.323 e. The van der Waals surface area contributed by atoms with Crippen LogP contribution in [0.4, 0.5) is 4.79 Å². The van der Waals surface area contributed by atoms with Crippen LogP contribution < -0.4 is 0 Å². The molecule has 14 heavy (non-hydrogen) atoms. The molecule has 0 aromatic heterocycles. The Morgan fingerprint density at radius 3 is 2.21 bits per heavy atom. The highest BCUT2D eigenvalue weighted by atomic mass is 16.7. The van der Waals surface area contributed by atoms with Crippen LogP contribution in [0, 0.1) is 0 Å². The fraction of sp³-hybridized carbons (Fsp3) is 0.900. The van der Waals surface area contributed by atoms with Crippen LogP contribution in [-0.2, 0) is 4.84 Å². The maximum Gasteiger partial charge on any atom is 0.343 e. The van der Waals surface area contributed by atoms with Gasteiger partial charge in [-0.25, -0.2) is 9.86 Å². The van der Waals surface area contributed by atoms with Gasteiger partial charge in [0.2, 0.25) is 0 Å². The summed E-state index contributed by atoms with van der Waals surface area (Å²) in [6.45, 7) is 3.26. The highest BCUT2D eigenvalue weighted by Gasteiger charge is 2.25. The summed E-state index contributed by atoms with van der Waals surface area (Å²) in [5.74, 6) is 0. The predicted molar refractivity (Wildman–Crippen MR) is 52.7 cm³/mol. The highest BCUT2D eigenvalue weighted by molar-refractivity contribution is 5.73. The number of amides is 2.